The molecule has 3 saturated carbocycles. The molecule has 0 saturated heterocycles. The van der Waals surface area contributed by atoms with Gasteiger partial charge < -0.3 is 15.7 Å². The Morgan fingerprint density at radius 2 is 1.80 bits per heavy atom. The predicted octanol–water partition coefficient (Wildman–Crippen LogP) is 6.92. The third-order valence-electron chi connectivity index (χ3n) is 11.2. The van der Waals surface area contributed by atoms with E-state index in [9.17, 15) is 9.59 Å². The molecule has 5 heteroatoms. The number of hydrogen-bond donors (Lipinski definition) is 3. The summed E-state index contributed by atoms with van der Waals surface area (Å²) in [6.07, 6.45) is 17.9. The van der Waals surface area contributed by atoms with Crippen molar-refractivity contribution >= 4 is 12.0 Å². The zero-order chi connectivity index (χ0) is 25.4. The van der Waals surface area contributed by atoms with Crippen molar-refractivity contribution in [3.63, 3.8) is 0 Å². The highest BCUT2D eigenvalue weighted by Crippen LogP contribution is 2.71. The van der Waals surface area contributed by atoms with Gasteiger partial charge in [-0.05, 0) is 97.7 Å². The van der Waals surface area contributed by atoms with Gasteiger partial charge >= 0.3 is 12.0 Å². The number of carbonyl (C=O) groups excluding carboxylic acids is 1. The van der Waals surface area contributed by atoms with Crippen LogP contribution in [0, 0.1) is 39.9 Å². The van der Waals surface area contributed by atoms with Gasteiger partial charge in [-0.1, -0.05) is 65.5 Å². The van der Waals surface area contributed by atoms with Crippen molar-refractivity contribution in [3.05, 3.63) is 11.6 Å². The molecule has 198 valence electrons. The van der Waals surface area contributed by atoms with Crippen LogP contribution in [-0.2, 0) is 4.79 Å². The summed E-state index contributed by atoms with van der Waals surface area (Å²) in [5.74, 6) is 2.27. The van der Waals surface area contributed by atoms with Crippen molar-refractivity contribution in [1.29, 1.82) is 0 Å². The van der Waals surface area contributed by atoms with E-state index in [4.69, 9.17) is 5.11 Å². The zero-order valence-corrected chi connectivity index (χ0v) is 22.9. The Balaban J connectivity index is 1.43. The average molecular weight is 487 g/mol. The molecule has 3 fully saturated rings. The smallest absolute Gasteiger partial charge is 0.323 e. The van der Waals surface area contributed by atoms with Crippen LogP contribution in [0.15, 0.2) is 11.6 Å². The number of urea groups is 1. The SMILES string of the molecule is CC(C)CCCCC1CCC2C1(C)CCC1C3(C)CCC(NC(=O)NCC(=O)O)CC3=CCC12C. The minimum Gasteiger partial charge on any atom is -0.480 e. The fraction of sp³-hybridized carbons (Fsp3) is 0.867. The van der Waals surface area contributed by atoms with E-state index in [1.165, 1.54) is 57.8 Å². The molecule has 0 aromatic heterocycles. The summed E-state index contributed by atoms with van der Waals surface area (Å²) in [6.45, 7) is 12.2. The first kappa shape index (κ1) is 26.5. The van der Waals surface area contributed by atoms with E-state index in [1.807, 2.05) is 0 Å². The quantitative estimate of drug-likeness (QED) is 0.257. The Hall–Kier alpha value is -1.52. The number of hydrogen-bond acceptors (Lipinski definition) is 2. The number of carbonyl (C=O) groups is 2. The van der Waals surface area contributed by atoms with Crippen molar-refractivity contribution in [2.24, 2.45) is 39.9 Å². The highest BCUT2D eigenvalue weighted by molar-refractivity contribution is 5.80. The Morgan fingerprint density at radius 3 is 2.51 bits per heavy atom. The third-order valence-corrected chi connectivity index (χ3v) is 11.2. The van der Waals surface area contributed by atoms with Crippen LogP contribution in [-0.4, -0.2) is 29.7 Å². The van der Waals surface area contributed by atoms with Gasteiger partial charge in [-0.3, -0.25) is 4.79 Å². The molecule has 4 aliphatic rings. The maximum Gasteiger partial charge on any atom is 0.323 e. The summed E-state index contributed by atoms with van der Waals surface area (Å²) >= 11 is 0. The molecule has 35 heavy (non-hydrogen) atoms. The highest BCUT2D eigenvalue weighted by atomic mass is 16.4. The molecule has 0 aromatic rings. The molecule has 0 spiro atoms. The standard InChI is InChI=1S/C30H50N2O3/c1-20(2)8-6-7-9-21-10-11-24-28(21,3)17-14-25-29(4)16-13-23(32-27(35)31-19-26(33)34)18-22(29)12-15-30(24,25)5/h12,20-21,23-25H,6-11,13-19H2,1-5H3,(H,33,34)(H2,31,32,35). The lowest BCUT2D eigenvalue weighted by Crippen LogP contribution is -2.57. The minimum absolute atomic E-state index is 0.100. The Bertz CT molecular complexity index is 837. The topological polar surface area (TPSA) is 78.4 Å². The molecule has 4 aliphatic carbocycles. The molecule has 0 radical (unpaired) electrons. The number of carboxylic acids is 1. The lowest BCUT2D eigenvalue weighted by atomic mass is 9.41. The fourth-order valence-corrected chi connectivity index (χ4v) is 9.36. The Labute approximate surface area is 213 Å². The monoisotopic (exact) mass is 486 g/mol. The lowest BCUT2D eigenvalue weighted by Gasteiger charge is -2.63. The number of allylic oxidation sites excluding steroid dienone is 1. The maximum atomic E-state index is 12.1. The van der Waals surface area contributed by atoms with Gasteiger partial charge in [-0.25, -0.2) is 4.79 Å². The van der Waals surface area contributed by atoms with Crippen LogP contribution < -0.4 is 10.6 Å². The highest BCUT2D eigenvalue weighted by Gasteiger charge is 2.63. The van der Waals surface area contributed by atoms with E-state index in [2.05, 4.69) is 51.3 Å². The van der Waals surface area contributed by atoms with Gasteiger partial charge in [0, 0.05) is 6.04 Å². The van der Waals surface area contributed by atoms with Crippen molar-refractivity contribution in [2.75, 3.05) is 6.54 Å². The van der Waals surface area contributed by atoms with E-state index >= 15 is 0 Å². The third kappa shape index (κ3) is 5.03. The Morgan fingerprint density at radius 1 is 1.03 bits per heavy atom. The fourth-order valence-electron chi connectivity index (χ4n) is 9.36. The Kier molecular flexibility index (Phi) is 7.65. The summed E-state index contributed by atoms with van der Waals surface area (Å²) in [5, 5.41) is 14.3. The molecule has 0 heterocycles. The summed E-state index contributed by atoms with van der Waals surface area (Å²) in [5.41, 5.74) is 2.67. The number of amides is 2. The molecule has 2 amide bonds. The molecule has 5 nitrogen and oxygen atoms in total. The molecular weight excluding hydrogens is 436 g/mol. The molecule has 0 aliphatic heterocycles. The summed E-state index contributed by atoms with van der Waals surface area (Å²) in [7, 11) is 0. The van der Waals surface area contributed by atoms with Crippen LogP contribution in [0.3, 0.4) is 0 Å². The second-order valence-electron chi connectivity index (χ2n) is 13.6. The molecular formula is C30H50N2O3. The van der Waals surface area contributed by atoms with E-state index in [1.54, 1.807) is 5.57 Å². The van der Waals surface area contributed by atoms with E-state index in [0.717, 1.165) is 42.9 Å². The predicted molar refractivity (Wildman–Crippen MR) is 141 cm³/mol. The summed E-state index contributed by atoms with van der Waals surface area (Å²) < 4.78 is 0. The molecule has 3 N–H and O–H groups in total. The van der Waals surface area contributed by atoms with Crippen LogP contribution in [0.4, 0.5) is 4.79 Å². The van der Waals surface area contributed by atoms with Crippen molar-refractivity contribution in [1.82, 2.24) is 10.6 Å². The second-order valence-corrected chi connectivity index (χ2v) is 13.6. The van der Waals surface area contributed by atoms with E-state index in [-0.39, 0.29) is 24.0 Å². The van der Waals surface area contributed by atoms with Crippen molar-refractivity contribution in [2.45, 2.75) is 118 Å². The van der Waals surface area contributed by atoms with Gasteiger partial charge in [0.05, 0.1) is 0 Å². The van der Waals surface area contributed by atoms with Crippen LogP contribution >= 0.6 is 0 Å². The van der Waals surface area contributed by atoms with Gasteiger partial charge in [0.15, 0.2) is 0 Å². The first-order valence-corrected chi connectivity index (χ1v) is 14.4. The molecule has 0 bridgehead atoms. The number of carboxylic acid groups (broad SMARTS) is 1. The number of rotatable bonds is 8. The summed E-state index contributed by atoms with van der Waals surface area (Å²) in [4.78, 5) is 22.9. The van der Waals surface area contributed by atoms with Gasteiger partial charge in [-0.15, -0.1) is 0 Å². The van der Waals surface area contributed by atoms with Gasteiger partial charge in [0.1, 0.15) is 6.54 Å². The van der Waals surface area contributed by atoms with Crippen molar-refractivity contribution < 1.29 is 14.7 Å². The molecule has 4 rings (SSSR count). The lowest BCUT2D eigenvalue weighted by molar-refractivity contribution is -0.135. The first-order chi connectivity index (χ1) is 16.5. The average Bonchev–Trinajstić information content (AvgIpc) is 3.13. The van der Waals surface area contributed by atoms with Gasteiger partial charge in [-0.2, -0.15) is 0 Å². The minimum atomic E-state index is -1.01. The van der Waals surface area contributed by atoms with E-state index < -0.39 is 5.97 Å². The van der Waals surface area contributed by atoms with Crippen LogP contribution in [0.1, 0.15) is 112 Å². The zero-order valence-electron chi connectivity index (χ0n) is 22.9. The molecule has 7 unspecified atom stereocenters. The van der Waals surface area contributed by atoms with Crippen LogP contribution in [0.5, 0.6) is 0 Å². The number of nitrogens with one attached hydrogen (secondary N) is 2. The maximum absolute atomic E-state index is 12.1. The van der Waals surface area contributed by atoms with Crippen molar-refractivity contribution in [3.8, 4) is 0 Å². The number of aliphatic carboxylic acids is 1. The largest absolute Gasteiger partial charge is 0.480 e. The van der Waals surface area contributed by atoms with E-state index in [0.29, 0.717) is 10.8 Å². The number of unbranched alkanes of at least 4 members (excludes halogenated alkanes) is 1. The van der Waals surface area contributed by atoms with Crippen LogP contribution in [0.2, 0.25) is 0 Å². The normalized spacial score (nSPS) is 40.3. The molecule has 0 aromatic carbocycles. The van der Waals surface area contributed by atoms with Gasteiger partial charge in [0.2, 0.25) is 0 Å². The number of fused-ring (bicyclic) bond motifs is 5. The first-order valence-electron chi connectivity index (χ1n) is 14.4. The molecule has 7 atom stereocenters. The second kappa shape index (κ2) is 10.1. The summed E-state index contributed by atoms with van der Waals surface area (Å²) in [6, 6.07) is -0.260. The van der Waals surface area contributed by atoms with Gasteiger partial charge in [0.25, 0.3) is 0 Å². The van der Waals surface area contributed by atoms with Crippen LogP contribution in [0.25, 0.3) is 0 Å².